The molecule has 4 N–H and O–H groups in total. The molecule has 8 nitrogen and oxygen atoms in total. The SMILES string of the molecule is CCOC(=O)c1c(SC)nn(-c2ccc([NH+]([O-])O)cc2)c1N. The van der Waals surface area contributed by atoms with Crippen molar-refractivity contribution in [3.8, 4) is 5.69 Å². The van der Waals surface area contributed by atoms with E-state index in [1.807, 2.05) is 0 Å². The summed E-state index contributed by atoms with van der Waals surface area (Å²) in [6, 6.07) is 6.04. The van der Waals surface area contributed by atoms with Crippen LogP contribution < -0.4 is 11.0 Å². The topological polar surface area (TPSA) is 118 Å². The highest BCUT2D eigenvalue weighted by atomic mass is 32.2. The smallest absolute Gasteiger partial charge is 0.344 e. The lowest BCUT2D eigenvalue weighted by Crippen LogP contribution is -2.99. The van der Waals surface area contributed by atoms with Gasteiger partial charge in [0, 0.05) is 12.1 Å². The first-order valence-electron chi connectivity index (χ1n) is 6.42. The summed E-state index contributed by atoms with van der Waals surface area (Å²) in [6.07, 6.45) is 1.78. The van der Waals surface area contributed by atoms with Crippen LogP contribution in [-0.2, 0) is 4.74 Å². The number of hydrogen-bond donors (Lipinski definition) is 3. The number of rotatable bonds is 5. The second-order valence-corrected chi connectivity index (χ2v) is 5.05. The molecule has 1 unspecified atom stereocenters. The van der Waals surface area contributed by atoms with Gasteiger partial charge < -0.3 is 15.7 Å². The van der Waals surface area contributed by atoms with E-state index in [0.29, 0.717) is 10.7 Å². The summed E-state index contributed by atoms with van der Waals surface area (Å²) in [7, 11) is 0. The lowest BCUT2D eigenvalue weighted by Gasteiger charge is -2.12. The van der Waals surface area contributed by atoms with Gasteiger partial charge in [0.2, 0.25) is 0 Å². The number of hydrogen-bond acceptors (Lipinski definition) is 7. The minimum atomic E-state index is -1.02. The van der Waals surface area contributed by atoms with Gasteiger partial charge in [0.1, 0.15) is 16.4 Å². The molecular formula is C13H16N4O4S. The van der Waals surface area contributed by atoms with E-state index in [-0.39, 0.29) is 23.7 Å². The molecule has 0 saturated carbocycles. The summed E-state index contributed by atoms with van der Waals surface area (Å²) in [6.45, 7) is 1.95. The molecule has 0 aliphatic heterocycles. The highest BCUT2D eigenvalue weighted by Crippen LogP contribution is 2.28. The number of esters is 1. The fourth-order valence-corrected chi connectivity index (χ4v) is 2.45. The second kappa shape index (κ2) is 6.79. The summed E-state index contributed by atoms with van der Waals surface area (Å²) in [5.41, 5.74) is 6.95. The monoisotopic (exact) mass is 324 g/mol. The van der Waals surface area contributed by atoms with Gasteiger partial charge in [0.05, 0.1) is 12.3 Å². The molecule has 2 aromatic rings. The highest BCUT2D eigenvalue weighted by Gasteiger charge is 2.23. The van der Waals surface area contributed by atoms with E-state index >= 15 is 0 Å². The summed E-state index contributed by atoms with van der Waals surface area (Å²) in [5.74, 6) is -0.372. The molecule has 0 spiro atoms. The van der Waals surface area contributed by atoms with E-state index in [1.54, 1.807) is 25.3 Å². The Morgan fingerprint density at radius 2 is 2.14 bits per heavy atom. The Bertz CT molecular complexity index is 669. The van der Waals surface area contributed by atoms with Crippen molar-refractivity contribution in [2.45, 2.75) is 11.9 Å². The van der Waals surface area contributed by atoms with Crippen LogP contribution in [0.1, 0.15) is 17.3 Å². The molecule has 1 aromatic heterocycles. The molecule has 0 saturated heterocycles. The normalized spacial score (nSPS) is 12.2. The van der Waals surface area contributed by atoms with Gasteiger partial charge in [0.25, 0.3) is 0 Å². The zero-order chi connectivity index (χ0) is 16.3. The molecule has 9 heteroatoms. The summed E-state index contributed by atoms with van der Waals surface area (Å²) in [5, 5.41) is 23.5. The molecule has 2 rings (SSSR count). The third kappa shape index (κ3) is 3.07. The third-order valence-electron chi connectivity index (χ3n) is 2.92. The Morgan fingerprint density at radius 3 is 2.64 bits per heavy atom. The van der Waals surface area contributed by atoms with Crippen LogP contribution in [0.15, 0.2) is 29.3 Å². The fourth-order valence-electron chi connectivity index (χ4n) is 1.89. The number of carbonyl (C=O) groups excluding carboxylic acids is 1. The number of nitrogens with two attached hydrogens (primary N) is 1. The van der Waals surface area contributed by atoms with E-state index in [2.05, 4.69) is 5.10 Å². The predicted molar refractivity (Wildman–Crippen MR) is 81.5 cm³/mol. The molecule has 118 valence electrons. The zero-order valence-electron chi connectivity index (χ0n) is 12.1. The van der Waals surface area contributed by atoms with Crippen molar-refractivity contribution in [3.63, 3.8) is 0 Å². The highest BCUT2D eigenvalue weighted by molar-refractivity contribution is 7.98. The number of ether oxygens (including phenoxy) is 1. The van der Waals surface area contributed by atoms with Crippen LogP contribution in [0.25, 0.3) is 5.69 Å². The van der Waals surface area contributed by atoms with Crippen LogP contribution in [-0.4, -0.2) is 33.8 Å². The molecule has 0 fully saturated rings. The number of quaternary nitrogens is 1. The summed E-state index contributed by atoms with van der Waals surface area (Å²) < 4.78 is 6.38. The predicted octanol–water partition coefficient (Wildman–Crippen LogP) is 0.756. The van der Waals surface area contributed by atoms with Crippen LogP contribution in [0.2, 0.25) is 0 Å². The van der Waals surface area contributed by atoms with E-state index in [0.717, 1.165) is 0 Å². The Labute approximate surface area is 131 Å². The Morgan fingerprint density at radius 1 is 1.50 bits per heavy atom. The lowest BCUT2D eigenvalue weighted by atomic mass is 10.3. The van der Waals surface area contributed by atoms with Gasteiger partial charge in [-0.25, -0.2) is 14.7 Å². The summed E-state index contributed by atoms with van der Waals surface area (Å²) in [4.78, 5) is 12.0. The first-order chi connectivity index (χ1) is 10.5. The van der Waals surface area contributed by atoms with Crippen molar-refractivity contribution in [2.24, 2.45) is 0 Å². The molecule has 1 heterocycles. The van der Waals surface area contributed by atoms with Crippen molar-refractivity contribution in [3.05, 3.63) is 35.0 Å². The van der Waals surface area contributed by atoms with Gasteiger partial charge in [0.15, 0.2) is 5.69 Å². The van der Waals surface area contributed by atoms with E-state index < -0.39 is 11.2 Å². The molecule has 0 aliphatic carbocycles. The average Bonchev–Trinajstić information content (AvgIpc) is 2.84. The quantitative estimate of drug-likeness (QED) is 0.422. The molecular weight excluding hydrogens is 308 g/mol. The van der Waals surface area contributed by atoms with Crippen molar-refractivity contribution in [1.29, 1.82) is 0 Å². The average molecular weight is 324 g/mol. The number of anilines is 1. The van der Waals surface area contributed by atoms with Crippen LogP contribution >= 0.6 is 11.8 Å². The number of thioether (sulfide) groups is 1. The van der Waals surface area contributed by atoms with Crippen LogP contribution in [0.5, 0.6) is 0 Å². The third-order valence-corrected chi connectivity index (χ3v) is 3.59. The maximum absolute atomic E-state index is 12.0. The number of nitrogens with one attached hydrogen (secondary N) is 1. The first kappa shape index (κ1) is 16.3. The lowest BCUT2D eigenvalue weighted by molar-refractivity contribution is -0.991. The van der Waals surface area contributed by atoms with Gasteiger partial charge >= 0.3 is 5.97 Å². The van der Waals surface area contributed by atoms with E-state index in [9.17, 15) is 10.0 Å². The molecule has 0 aliphatic rings. The molecule has 1 aromatic carbocycles. The minimum absolute atomic E-state index is 0.158. The molecule has 1 atom stereocenters. The van der Waals surface area contributed by atoms with Gasteiger partial charge in [-0.1, -0.05) is 0 Å². The van der Waals surface area contributed by atoms with Crippen molar-refractivity contribution in [1.82, 2.24) is 9.78 Å². The largest absolute Gasteiger partial charge is 0.595 e. The molecule has 22 heavy (non-hydrogen) atoms. The molecule has 0 radical (unpaired) electrons. The number of nitrogens with zero attached hydrogens (tertiary/aromatic N) is 2. The van der Waals surface area contributed by atoms with Gasteiger partial charge in [-0.15, -0.1) is 11.8 Å². The Hall–Kier alpha value is -2.07. The number of aromatic nitrogens is 2. The fraction of sp³-hybridized carbons (Fsp3) is 0.231. The van der Waals surface area contributed by atoms with Gasteiger partial charge in [-0.05, 0) is 25.3 Å². The summed E-state index contributed by atoms with van der Waals surface area (Å²) >= 11 is 1.28. The van der Waals surface area contributed by atoms with Crippen LogP contribution in [0, 0.1) is 5.21 Å². The van der Waals surface area contributed by atoms with Crippen molar-refractivity contribution < 1.29 is 20.0 Å². The molecule has 0 amide bonds. The first-order valence-corrected chi connectivity index (χ1v) is 7.65. The Balaban J connectivity index is 2.45. The van der Waals surface area contributed by atoms with E-state index in [1.165, 1.54) is 28.6 Å². The maximum atomic E-state index is 12.0. The zero-order valence-corrected chi connectivity index (χ0v) is 12.9. The standard InChI is InChI=1S/C13H16N4O4S/c1-3-21-13(18)10-11(14)16(15-12(10)22-2)8-4-6-9(7-5-8)17(19)20/h4-7,17,19H,3,14H2,1-2H3. The van der Waals surface area contributed by atoms with Gasteiger partial charge in [-0.2, -0.15) is 10.3 Å². The van der Waals surface area contributed by atoms with Gasteiger partial charge in [-0.3, -0.25) is 0 Å². The number of carbonyl (C=O) groups is 1. The minimum Gasteiger partial charge on any atom is -0.595 e. The second-order valence-electron chi connectivity index (χ2n) is 4.25. The van der Waals surface area contributed by atoms with Crippen molar-refractivity contribution >= 4 is 29.2 Å². The maximum Gasteiger partial charge on any atom is 0.344 e. The van der Waals surface area contributed by atoms with Crippen molar-refractivity contribution in [2.75, 3.05) is 18.6 Å². The van der Waals surface area contributed by atoms with Crippen LogP contribution in [0.3, 0.4) is 0 Å². The van der Waals surface area contributed by atoms with E-state index in [4.69, 9.17) is 15.7 Å². The number of nitrogen functional groups attached to an aromatic ring is 1. The number of benzene rings is 1. The molecule has 0 bridgehead atoms. The Kier molecular flexibility index (Phi) is 5.03. The van der Waals surface area contributed by atoms with Crippen LogP contribution in [0.4, 0.5) is 11.5 Å².